The fraction of sp³-hybridized carbons (Fsp3) is 0.778. The molecule has 1 N–H and O–H groups in total. The number of aromatic nitrogens is 2. The van der Waals surface area contributed by atoms with Gasteiger partial charge >= 0.3 is 0 Å². The summed E-state index contributed by atoms with van der Waals surface area (Å²) in [6.45, 7) is 12.0. The molecular weight excluding hydrogens is 384 g/mol. The highest BCUT2D eigenvalue weighted by Gasteiger charge is 2.61. The van der Waals surface area contributed by atoms with E-state index >= 15 is 0 Å². The van der Waals surface area contributed by atoms with Gasteiger partial charge in [0.2, 0.25) is 0 Å². The normalized spacial score (nSPS) is 43.6. The first-order chi connectivity index (χ1) is 14.7. The fourth-order valence-electron chi connectivity index (χ4n) is 8.44. The number of allylic oxidation sites excluding steroid dienone is 1. The van der Waals surface area contributed by atoms with Gasteiger partial charge in [-0.1, -0.05) is 13.8 Å². The predicted octanol–water partition coefficient (Wildman–Crippen LogP) is 5.49. The molecule has 0 amide bonds. The van der Waals surface area contributed by atoms with Gasteiger partial charge in [-0.15, -0.1) is 0 Å². The van der Waals surface area contributed by atoms with Crippen molar-refractivity contribution in [2.45, 2.75) is 98.6 Å². The van der Waals surface area contributed by atoms with Gasteiger partial charge < -0.3 is 5.11 Å². The lowest BCUT2D eigenvalue weighted by atomic mass is 9.45. The molecule has 170 valence electrons. The number of ketones is 1. The minimum absolute atomic E-state index is 0.0957. The quantitative estimate of drug-likeness (QED) is 0.639. The van der Waals surface area contributed by atoms with Crippen LogP contribution in [0.5, 0.6) is 0 Å². The highest BCUT2D eigenvalue weighted by atomic mass is 16.3. The van der Waals surface area contributed by atoms with E-state index in [1.807, 2.05) is 4.68 Å². The summed E-state index contributed by atoms with van der Waals surface area (Å²) in [6.07, 6.45) is 10.8. The molecule has 0 unspecified atom stereocenters. The van der Waals surface area contributed by atoms with Crippen molar-refractivity contribution in [2.75, 3.05) is 0 Å². The van der Waals surface area contributed by atoms with Gasteiger partial charge in [0.25, 0.3) is 0 Å². The van der Waals surface area contributed by atoms with Crippen molar-refractivity contribution < 1.29 is 9.90 Å². The van der Waals surface area contributed by atoms with Gasteiger partial charge in [-0.3, -0.25) is 9.48 Å². The van der Waals surface area contributed by atoms with Crippen LogP contribution >= 0.6 is 0 Å². The van der Waals surface area contributed by atoms with Crippen LogP contribution in [0.2, 0.25) is 0 Å². The Morgan fingerprint density at radius 3 is 2.61 bits per heavy atom. The van der Waals surface area contributed by atoms with Crippen molar-refractivity contribution >= 4 is 11.9 Å². The zero-order valence-corrected chi connectivity index (χ0v) is 20.1. The number of aliphatic hydroxyl groups excluding tert-OH is 1. The second-order valence-corrected chi connectivity index (χ2v) is 11.6. The average molecular weight is 425 g/mol. The number of hydrogen-bond donors (Lipinski definition) is 1. The number of nitrogens with zero attached hydrogens (tertiary/aromatic N) is 2. The predicted molar refractivity (Wildman–Crippen MR) is 123 cm³/mol. The van der Waals surface area contributed by atoms with E-state index in [1.165, 1.54) is 25.0 Å². The van der Waals surface area contributed by atoms with Crippen molar-refractivity contribution in [1.29, 1.82) is 0 Å². The SMILES string of the molecule is CCn1nc(C)c(/C=C2/C[C@H]3[C@@H]4CC[C@@H]5C[C@H](O)CC[C@]5(C)[C@H]4CC[C@]3(C)C2=O)c1C. The lowest BCUT2D eigenvalue weighted by Gasteiger charge is -2.59. The standard InChI is InChI=1S/C27H40N2O2/c1-6-29-17(3)22(16(2)28-29)13-18-14-24-21-8-7-19-15-20(30)9-11-26(19,4)23(21)10-12-27(24,5)25(18)31/h13,19-21,23-24,30H,6-12,14-15H2,1-5H3/b18-13-/t19-,20-,21-,23+,24+,26+,27+/m1/s1. The molecular formula is C27H40N2O2. The second-order valence-electron chi connectivity index (χ2n) is 11.6. The van der Waals surface area contributed by atoms with Crippen molar-refractivity contribution in [3.05, 3.63) is 22.5 Å². The van der Waals surface area contributed by atoms with E-state index in [-0.39, 0.29) is 11.5 Å². The number of aliphatic hydroxyl groups is 1. The fourth-order valence-corrected chi connectivity index (χ4v) is 8.44. The van der Waals surface area contributed by atoms with E-state index in [9.17, 15) is 9.90 Å². The van der Waals surface area contributed by atoms with Crippen molar-refractivity contribution in [1.82, 2.24) is 9.78 Å². The van der Waals surface area contributed by atoms with Crippen LogP contribution in [0.3, 0.4) is 0 Å². The van der Waals surface area contributed by atoms with Crippen LogP contribution in [0, 0.1) is 48.3 Å². The van der Waals surface area contributed by atoms with Crippen LogP contribution in [0.4, 0.5) is 0 Å². The van der Waals surface area contributed by atoms with Crippen molar-refractivity contribution in [3.63, 3.8) is 0 Å². The van der Waals surface area contributed by atoms with Crippen LogP contribution in [-0.2, 0) is 11.3 Å². The maximum absolute atomic E-state index is 13.7. The summed E-state index contributed by atoms with van der Waals surface area (Å²) in [5.74, 6) is 2.93. The molecule has 0 spiro atoms. The topological polar surface area (TPSA) is 55.1 Å². The molecule has 0 saturated heterocycles. The smallest absolute Gasteiger partial charge is 0.165 e. The summed E-state index contributed by atoms with van der Waals surface area (Å²) >= 11 is 0. The minimum Gasteiger partial charge on any atom is -0.393 e. The maximum Gasteiger partial charge on any atom is 0.165 e. The Labute approximate surface area is 187 Å². The lowest BCUT2D eigenvalue weighted by molar-refractivity contribution is -0.141. The Balaban J connectivity index is 1.46. The van der Waals surface area contributed by atoms with E-state index < -0.39 is 0 Å². The van der Waals surface area contributed by atoms with Gasteiger partial charge in [-0.05, 0) is 113 Å². The monoisotopic (exact) mass is 424 g/mol. The molecule has 1 aromatic rings. The van der Waals surface area contributed by atoms with Crippen LogP contribution in [0.25, 0.3) is 6.08 Å². The second kappa shape index (κ2) is 7.30. The first kappa shape index (κ1) is 21.4. The molecule has 1 heterocycles. The third kappa shape index (κ3) is 3.03. The minimum atomic E-state index is -0.188. The van der Waals surface area contributed by atoms with E-state index in [4.69, 9.17) is 0 Å². The van der Waals surface area contributed by atoms with Gasteiger partial charge in [0, 0.05) is 23.2 Å². The molecule has 0 bridgehead atoms. The molecule has 4 heteroatoms. The van der Waals surface area contributed by atoms with Gasteiger partial charge in [0.15, 0.2) is 5.78 Å². The van der Waals surface area contributed by atoms with Crippen molar-refractivity contribution in [3.8, 4) is 0 Å². The zero-order valence-electron chi connectivity index (χ0n) is 20.1. The van der Waals surface area contributed by atoms with E-state index in [2.05, 4.69) is 45.8 Å². The van der Waals surface area contributed by atoms with Crippen molar-refractivity contribution in [2.24, 2.45) is 34.5 Å². The number of rotatable bonds is 2. The Hall–Kier alpha value is -1.42. The van der Waals surface area contributed by atoms with Crippen LogP contribution < -0.4 is 0 Å². The molecule has 5 rings (SSSR count). The number of fused-ring (bicyclic) bond motifs is 5. The molecule has 31 heavy (non-hydrogen) atoms. The van der Waals surface area contributed by atoms with Gasteiger partial charge in [0.05, 0.1) is 11.8 Å². The molecule has 0 aliphatic heterocycles. The zero-order chi connectivity index (χ0) is 22.1. The summed E-state index contributed by atoms with van der Waals surface area (Å²) < 4.78 is 2.05. The maximum atomic E-state index is 13.7. The Bertz CT molecular complexity index is 930. The Morgan fingerprint density at radius 1 is 1.13 bits per heavy atom. The Kier molecular flexibility index (Phi) is 5.04. The lowest BCUT2D eigenvalue weighted by Crippen LogP contribution is -2.54. The van der Waals surface area contributed by atoms with Crippen LogP contribution in [-0.4, -0.2) is 26.8 Å². The number of aryl methyl sites for hydroxylation is 2. The average Bonchev–Trinajstić information content (AvgIpc) is 3.16. The summed E-state index contributed by atoms with van der Waals surface area (Å²) in [5.41, 5.74) is 4.57. The molecule has 7 atom stereocenters. The molecule has 4 nitrogen and oxygen atoms in total. The molecule has 4 fully saturated rings. The highest BCUT2D eigenvalue weighted by molar-refractivity contribution is 6.06. The van der Waals surface area contributed by atoms with E-state index in [0.717, 1.165) is 61.4 Å². The number of hydrogen-bond acceptors (Lipinski definition) is 3. The largest absolute Gasteiger partial charge is 0.393 e. The molecule has 0 radical (unpaired) electrons. The summed E-state index contributed by atoms with van der Waals surface area (Å²) in [6, 6.07) is 0. The number of carbonyl (C=O) groups is 1. The number of Topliss-reactive ketones (excluding diaryl/α,β-unsaturated/α-hetero) is 1. The first-order valence-corrected chi connectivity index (χ1v) is 12.7. The molecule has 4 aliphatic rings. The van der Waals surface area contributed by atoms with Gasteiger partial charge in [-0.2, -0.15) is 5.10 Å². The third-order valence-corrected chi connectivity index (χ3v) is 10.3. The van der Waals surface area contributed by atoms with Crippen LogP contribution in [0.1, 0.15) is 89.1 Å². The molecule has 4 saturated carbocycles. The van der Waals surface area contributed by atoms with E-state index in [0.29, 0.717) is 29.0 Å². The number of carbonyl (C=O) groups excluding carboxylic acids is 1. The summed E-state index contributed by atoms with van der Waals surface area (Å²) in [7, 11) is 0. The van der Waals surface area contributed by atoms with E-state index in [1.54, 1.807) is 0 Å². The summed E-state index contributed by atoms with van der Waals surface area (Å²) in [4.78, 5) is 13.7. The highest BCUT2D eigenvalue weighted by Crippen LogP contribution is 2.66. The van der Waals surface area contributed by atoms with Gasteiger partial charge in [-0.25, -0.2) is 0 Å². The third-order valence-electron chi connectivity index (χ3n) is 10.3. The Morgan fingerprint density at radius 2 is 1.90 bits per heavy atom. The summed E-state index contributed by atoms with van der Waals surface area (Å²) in [5, 5.41) is 14.9. The molecule has 0 aromatic carbocycles. The van der Waals surface area contributed by atoms with Gasteiger partial charge in [0.1, 0.15) is 0 Å². The molecule has 4 aliphatic carbocycles. The van der Waals surface area contributed by atoms with Crippen LogP contribution in [0.15, 0.2) is 5.57 Å². The molecule has 1 aromatic heterocycles. The first-order valence-electron chi connectivity index (χ1n) is 12.7.